The molecule has 1 fully saturated rings. The van der Waals surface area contributed by atoms with E-state index in [2.05, 4.69) is 48.3 Å². The van der Waals surface area contributed by atoms with Gasteiger partial charge in [-0.2, -0.15) is 0 Å². The molecule has 1 atom stereocenters. The number of quaternary nitrogens is 2. The van der Waals surface area contributed by atoms with Crippen LogP contribution in [0.15, 0.2) is 52.9 Å². The Morgan fingerprint density at radius 2 is 1.79 bits per heavy atom. The Morgan fingerprint density at radius 3 is 2.50 bits per heavy atom. The normalized spacial score (nSPS) is 20.8. The maximum Gasteiger partial charge on any atom is 0.274 e. The molecule has 0 radical (unpaired) electrons. The monoisotopic (exact) mass is 398 g/mol. The smallest absolute Gasteiger partial charge is 0.274 e. The summed E-state index contributed by atoms with van der Waals surface area (Å²) in [4.78, 5) is 3.13. The summed E-state index contributed by atoms with van der Waals surface area (Å²) in [7, 11) is 0. The average molecular weight is 399 g/mol. The van der Waals surface area contributed by atoms with Crippen molar-refractivity contribution < 1.29 is 14.2 Å². The van der Waals surface area contributed by atoms with Gasteiger partial charge in [0.2, 0.25) is 5.89 Å². The number of nitrogens with one attached hydrogen (secondary N) is 2. The van der Waals surface area contributed by atoms with Crippen molar-refractivity contribution in [2.45, 2.75) is 26.4 Å². The largest absolute Gasteiger partial charge is 0.415 e. The van der Waals surface area contributed by atoms with Gasteiger partial charge < -0.3 is 14.2 Å². The fraction of sp³-hybridized carbons (Fsp3) is 0.364. The molecule has 0 amide bonds. The van der Waals surface area contributed by atoms with Crippen LogP contribution in [0, 0.1) is 6.92 Å². The molecule has 0 aliphatic carbocycles. The molecule has 5 nitrogen and oxygen atoms in total. The Labute approximate surface area is 170 Å². The highest BCUT2D eigenvalue weighted by atomic mass is 35.5. The van der Waals surface area contributed by atoms with Gasteiger partial charge in [0.1, 0.15) is 32.7 Å². The molecule has 3 aromatic rings. The van der Waals surface area contributed by atoms with Crippen LogP contribution in [0.3, 0.4) is 0 Å². The number of halogens is 1. The van der Waals surface area contributed by atoms with E-state index in [0.717, 1.165) is 49.2 Å². The second-order valence-corrected chi connectivity index (χ2v) is 8.18. The van der Waals surface area contributed by atoms with Crippen molar-refractivity contribution in [3.8, 4) is 11.5 Å². The van der Waals surface area contributed by atoms with Crippen LogP contribution in [0.5, 0.6) is 0 Å². The predicted octanol–water partition coefficient (Wildman–Crippen LogP) is 1.74. The van der Waals surface area contributed by atoms with Crippen LogP contribution in [0.1, 0.15) is 30.0 Å². The van der Waals surface area contributed by atoms with Crippen LogP contribution in [-0.2, 0) is 6.54 Å². The minimum Gasteiger partial charge on any atom is -0.415 e. The molecule has 1 aromatic heterocycles. The Kier molecular flexibility index (Phi) is 5.76. The molecule has 146 valence electrons. The molecule has 2 aromatic carbocycles. The predicted molar refractivity (Wildman–Crippen MR) is 109 cm³/mol. The fourth-order valence-corrected chi connectivity index (χ4v) is 4.03. The average Bonchev–Trinajstić information content (AvgIpc) is 3.20. The zero-order chi connectivity index (χ0) is 19.5. The SMILES string of the molecule is Cc1cccc(-c2nnc([C@@H](C)[NH+]3CC[NH+](Cc4ccc(Cl)cc4)CC3)o2)c1. The van der Waals surface area contributed by atoms with Crippen molar-refractivity contribution in [1.82, 2.24) is 10.2 Å². The van der Waals surface area contributed by atoms with Gasteiger partial charge in [-0.15, -0.1) is 10.2 Å². The maximum absolute atomic E-state index is 6.01. The van der Waals surface area contributed by atoms with E-state index in [0.29, 0.717) is 5.89 Å². The van der Waals surface area contributed by atoms with Crippen molar-refractivity contribution >= 4 is 11.6 Å². The molecular formula is C22H27ClN4O+2. The number of aromatic nitrogens is 2. The highest BCUT2D eigenvalue weighted by Crippen LogP contribution is 2.20. The first-order valence-electron chi connectivity index (χ1n) is 9.91. The minimum absolute atomic E-state index is 0.211. The first kappa shape index (κ1) is 19.1. The van der Waals surface area contributed by atoms with Crippen LogP contribution in [0.2, 0.25) is 5.02 Å². The second-order valence-electron chi connectivity index (χ2n) is 7.75. The standard InChI is InChI=1S/C22H25ClN4O/c1-16-4-3-5-19(14-16)22-25-24-21(28-22)17(2)27-12-10-26(11-13-27)15-18-6-8-20(23)9-7-18/h3-9,14,17H,10-13,15H2,1-2H3/p+2/t17-/m1/s1. The van der Waals surface area contributed by atoms with Crippen molar-refractivity contribution in [1.29, 1.82) is 0 Å². The Hall–Kier alpha value is -2.21. The number of piperazine rings is 1. The van der Waals surface area contributed by atoms with Crippen molar-refractivity contribution in [2.75, 3.05) is 26.2 Å². The van der Waals surface area contributed by atoms with Crippen molar-refractivity contribution in [3.63, 3.8) is 0 Å². The molecule has 1 aliphatic rings. The van der Waals surface area contributed by atoms with Gasteiger partial charge in [0.15, 0.2) is 6.04 Å². The molecule has 0 unspecified atom stereocenters. The number of hydrogen-bond acceptors (Lipinski definition) is 3. The number of nitrogens with zero attached hydrogens (tertiary/aromatic N) is 2. The lowest BCUT2D eigenvalue weighted by atomic mass is 10.1. The number of hydrogen-bond donors (Lipinski definition) is 2. The minimum atomic E-state index is 0.211. The highest BCUT2D eigenvalue weighted by Gasteiger charge is 2.31. The molecule has 28 heavy (non-hydrogen) atoms. The zero-order valence-electron chi connectivity index (χ0n) is 16.4. The first-order chi connectivity index (χ1) is 13.6. The molecule has 6 heteroatoms. The lowest BCUT2D eigenvalue weighted by Gasteiger charge is -2.32. The van der Waals surface area contributed by atoms with E-state index in [1.165, 1.54) is 16.0 Å². The molecular weight excluding hydrogens is 372 g/mol. The molecule has 2 heterocycles. The summed E-state index contributed by atoms with van der Waals surface area (Å²) in [5, 5.41) is 9.41. The van der Waals surface area contributed by atoms with Crippen LogP contribution in [0.4, 0.5) is 0 Å². The van der Waals surface area contributed by atoms with Gasteiger partial charge in [0.25, 0.3) is 5.89 Å². The third-order valence-electron chi connectivity index (χ3n) is 5.66. The van der Waals surface area contributed by atoms with Crippen molar-refractivity contribution in [3.05, 3.63) is 70.6 Å². The lowest BCUT2D eigenvalue weighted by molar-refractivity contribution is -1.03. The molecule has 0 bridgehead atoms. The fourth-order valence-electron chi connectivity index (χ4n) is 3.90. The molecule has 4 rings (SSSR count). The van der Waals surface area contributed by atoms with Gasteiger partial charge >= 0.3 is 0 Å². The van der Waals surface area contributed by atoms with Crippen molar-refractivity contribution in [2.24, 2.45) is 0 Å². The van der Waals surface area contributed by atoms with Crippen LogP contribution < -0.4 is 9.80 Å². The quantitative estimate of drug-likeness (QED) is 0.688. The Bertz CT molecular complexity index is 916. The second kappa shape index (κ2) is 8.43. The van der Waals surface area contributed by atoms with E-state index >= 15 is 0 Å². The third-order valence-corrected chi connectivity index (χ3v) is 5.91. The number of benzene rings is 2. The summed E-state index contributed by atoms with van der Waals surface area (Å²) >= 11 is 5.99. The van der Waals surface area contributed by atoms with Crippen LogP contribution >= 0.6 is 11.6 Å². The van der Waals surface area contributed by atoms with Gasteiger partial charge in [-0.3, -0.25) is 0 Å². The Morgan fingerprint density at radius 1 is 1.04 bits per heavy atom. The molecule has 0 spiro atoms. The van der Waals surface area contributed by atoms with E-state index in [1.807, 2.05) is 24.3 Å². The van der Waals surface area contributed by atoms with Gasteiger partial charge in [-0.1, -0.05) is 41.4 Å². The zero-order valence-corrected chi connectivity index (χ0v) is 17.2. The van der Waals surface area contributed by atoms with Crippen LogP contribution in [-0.4, -0.2) is 36.4 Å². The Balaban J connectivity index is 1.35. The summed E-state index contributed by atoms with van der Waals surface area (Å²) in [5.74, 6) is 1.34. The maximum atomic E-state index is 6.01. The highest BCUT2D eigenvalue weighted by molar-refractivity contribution is 6.30. The van der Waals surface area contributed by atoms with Gasteiger partial charge in [-0.05, 0) is 38.1 Å². The summed E-state index contributed by atoms with van der Waals surface area (Å²) in [6.45, 7) is 9.80. The molecule has 1 saturated heterocycles. The van der Waals surface area contributed by atoms with Gasteiger partial charge in [-0.25, -0.2) is 0 Å². The summed E-state index contributed by atoms with van der Waals surface area (Å²) in [6.07, 6.45) is 0. The number of rotatable bonds is 5. The topological polar surface area (TPSA) is 47.8 Å². The van der Waals surface area contributed by atoms with Crippen LogP contribution in [0.25, 0.3) is 11.5 Å². The third kappa shape index (κ3) is 4.43. The summed E-state index contributed by atoms with van der Waals surface area (Å²) in [5.41, 5.74) is 3.52. The van der Waals surface area contributed by atoms with Gasteiger partial charge in [0, 0.05) is 16.1 Å². The molecule has 0 saturated carbocycles. The van der Waals surface area contributed by atoms with E-state index in [4.69, 9.17) is 16.0 Å². The van der Waals surface area contributed by atoms with Gasteiger partial charge in [0.05, 0.1) is 0 Å². The summed E-state index contributed by atoms with van der Waals surface area (Å²) < 4.78 is 6.01. The van der Waals surface area contributed by atoms with E-state index in [1.54, 1.807) is 4.90 Å². The molecule has 2 N–H and O–H groups in total. The van der Waals surface area contributed by atoms with E-state index < -0.39 is 0 Å². The van der Waals surface area contributed by atoms with E-state index in [9.17, 15) is 0 Å². The molecule has 1 aliphatic heterocycles. The first-order valence-corrected chi connectivity index (χ1v) is 10.3. The summed E-state index contributed by atoms with van der Waals surface area (Å²) in [6, 6.07) is 16.6. The number of aryl methyl sites for hydroxylation is 1. The lowest BCUT2D eigenvalue weighted by Crippen LogP contribution is -3.27. The van der Waals surface area contributed by atoms with E-state index in [-0.39, 0.29) is 6.04 Å².